The van der Waals surface area contributed by atoms with E-state index in [9.17, 15) is 0 Å². The SMILES string of the molecule is CCCc1nc(NC(C)c2ccc(-n3cncn3)cc2)c2cnn(C)c2n1. The summed E-state index contributed by atoms with van der Waals surface area (Å²) >= 11 is 0. The molecule has 4 rings (SSSR count). The molecule has 0 aliphatic rings. The Labute approximate surface area is 157 Å². The molecule has 138 valence electrons. The molecule has 0 aliphatic heterocycles. The quantitative estimate of drug-likeness (QED) is 0.567. The van der Waals surface area contributed by atoms with Crippen molar-refractivity contribution in [2.45, 2.75) is 32.7 Å². The zero-order valence-electron chi connectivity index (χ0n) is 15.7. The Kier molecular flexibility index (Phi) is 4.53. The number of benzene rings is 1. The van der Waals surface area contributed by atoms with Gasteiger partial charge in [0.15, 0.2) is 5.65 Å². The Balaban J connectivity index is 1.61. The van der Waals surface area contributed by atoms with E-state index in [-0.39, 0.29) is 6.04 Å². The number of hydrogen-bond acceptors (Lipinski definition) is 6. The molecule has 27 heavy (non-hydrogen) atoms. The highest BCUT2D eigenvalue weighted by Gasteiger charge is 2.14. The maximum Gasteiger partial charge on any atom is 0.163 e. The van der Waals surface area contributed by atoms with Crippen LogP contribution in [-0.4, -0.2) is 34.5 Å². The fourth-order valence-electron chi connectivity index (χ4n) is 3.06. The van der Waals surface area contributed by atoms with Crippen molar-refractivity contribution in [3.8, 4) is 5.69 Å². The summed E-state index contributed by atoms with van der Waals surface area (Å²) in [5.41, 5.74) is 2.99. The Morgan fingerprint density at radius 1 is 1.11 bits per heavy atom. The van der Waals surface area contributed by atoms with Gasteiger partial charge >= 0.3 is 0 Å². The lowest BCUT2D eigenvalue weighted by molar-refractivity contribution is 0.771. The predicted molar refractivity (Wildman–Crippen MR) is 104 cm³/mol. The van der Waals surface area contributed by atoms with Crippen LogP contribution in [0.3, 0.4) is 0 Å². The van der Waals surface area contributed by atoms with Gasteiger partial charge in [0.05, 0.1) is 17.3 Å². The van der Waals surface area contributed by atoms with Crippen LogP contribution in [0.5, 0.6) is 0 Å². The van der Waals surface area contributed by atoms with Gasteiger partial charge in [-0.25, -0.2) is 19.6 Å². The summed E-state index contributed by atoms with van der Waals surface area (Å²) in [6, 6.07) is 8.32. The predicted octanol–water partition coefficient (Wildman–Crippen LogP) is 3.07. The molecular formula is C19H22N8. The minimum atomic E-state index is 0.0857. The van der Waals surface area contributed by atoms with Crippen molar-refractivity contribution in [1.82, 2.24) is 34.5 Å². The van der Waals surface area contributed by atoms with Crippen LogP contribution in [0.15, 0.2) is 43.1 Å². The molecule has 0 saturated heterocycles. The molecule has 1 atom stereocenters. The number of fused-ring (bicyclic) bond motifs is 1. The molecule has 1 unspecified atom stereocenters. The second-order valence-corrected chi connectivity index (χ2v) is 6.54. The summed E-state index contributed by atoms with van der Waals surface area (Å²) in [4.78, 5) is 13.4. The van der Waals surface area contributed by atoms with Crippen LogP contribution in [0.1, 0.15) is 37.7 Å². The van der Waals surface area contributed by atoms with Crippen LogP contribution in [-0.2, 0) is 13.5 Å². The molecule has 0 radical (unpaired) electrons. The van der Waals surface area contributed by atoms with Crippen LogP contribution in [0.25, 0.3) is 16.7 Å². The van der Waals surface area contributed by atoms with Gasteiger partial charge in [-0.2, -0.15) is 10.2 Å². The van der Waals surface area contributed by atoms with Crippen LogP contribution < -0.4 is 5.32 Å². The molecule has 0 saturated carbocycles. The maximum absolute atomic E-state index is 4.73. The molecule has 3 heterocycles. The third-order valence-corrected chi connectivity index (χ3v) is 4.54. The highest BCUT2D eigenvalue weighted by Crippen LogP contribution is 2.25. The summed E-state index contributed by atoms with van der Waals surface area (Å²) in [5, 5.41) is 13.0. The van der Waals surface area contributed by atoms with E-state index in [1.165, 1.54) is 6.33 Å². The molecule has 4 aromatic rings. The van der Waals surface area contributed by atoms with Crippen LogP contribution in [0.2, 0.25) is 0 Å². The summed E-state index contributed by atoms with van der Waals surface area (Å²) in [6.07, 6.45) is 6.87. The third-order valence-electron chi connectivity index (χ3n) is 4.54. The number of aromatic nitrogens is 7. The van der Waals surface area contributed by atoms with Gasteiger partial charge in [-0.3, -0.25) is 4.68 Å². The monoisotopic (exact) mass is 362 g/mol. The van der Waals surface area contributed by atoms with Crippen molar-refractivity contribution in [3.63, 3.8) is 0 Å². The van der Waals surface area contributed by atoms with Gasteiger partial charge in [-0.1, -0.05) is 19.1 Å². The lowest BCUT2D eigenvalue weighted by atomic mass is 10.1. The first kappa shape index (κ1) is 17.1. The fraction of sp³-hybridized carbons (Fsp3) is 0.316. The van der Waals surface area contributed by atoms with Gasteiger partial charge in [0.2, 0.25) is 0 Å². The first-order chi connectivity index (χ1) is 13.2. The number of anilines is 1. The Hall–Kier alpha value is -3.29. The molecule has 8 heteroatoms. The van der Waals surface area contributed by atoms with Gasteiger partial charge in [-0.05, 0) is 31.0 Å². The van der Waals surface area contributed by atoms with Crippen molar-refractivity contribution in [3.05, 3.63) is 54.5 Å². The molecule has 0 spiro atoms. The van der Waals surface area contributed by atoms with E-state index in [2.05, 4.69) is 51.5 Å². The van der Waals surface area contributed by atoms with E-state index < -0.39 is 0 Å². The van der Waals surface area contributed by atoms with Crippen molar-refractivity contribution >= 4 is 16.9 Å². The number of aryl methyl sites for hydroxylation is 2. The molecule has 0 fully saturated rings. The molecule has 0 amide bonds. The van der Waals surface area contributed by atoms with Crippen molar-refractivity contribution in [1.29, 1.82) is 0 Å². The normalized spacial score (nSPS) is 12.4. The highest BCUT2D eigenvalue weighted by molar-refractivity contribution is 5.86. The van der Waals surface area contributed by atoms with Gasteiger partial charge < -0.3 is 5.32 Å². The van der Waals surface area contributed by atoms with E-state index in [1.54, 1.807) is 15.7 Å². The Morgan fingerprint density at radius 3 is 2.63 bits per heavy atom. The highest BCUT2D eigenvalue weighted by atomic mass is 15.3. The van der Waals surface area contributed by atoms with E-state index in [4.69, 9.17) is 4.98 Å². The lowest BCUT2D eigenvalue weighted by Gasteiger charge is -2.16. The summed E-state index contributed by atoms with van der Waals surface area (Å²) in [5.74, 6) is 1.66. The van der Waals surface area contributed by atoms with Gasteiger partial charge in [0.1, 0.15) is 24.3 Å². The van der Waals surface area contributed by atoms with Crippen LogP contribution >= 0.6 is 0 Å². The molecule has 1 N–H and O–H groups in total. The lowest BCUT2D eigenvalue weighted by Crippen LogP contribution is -2.10. The average molecular weight is 362 g/mol. The average Bonchev–Trinajstić information content (AvgIpc) is 3.33. The van der Waals surface area contributed by atoms with Crippen molar-refractivity contribution in [2.24, 2.45) is 7.05 Å². The molecule has 0 bridgehead atoms. The van der Waals surface area contributed by atoms with E-state index in [0.29, 0.717) is 0 Å². The molecule has 3 aromatic heterocycles. The van der Waals surface area contributed by atoms with E-state index in [0.717, 1.165) is 46.8 Å². The molecule has 0 aliphatic carbocycles. The maximum atomic E-state index is 4.73. The molecular weight excluding hydrogens is 340 g/mol. The number of rotatable bonds is 6. The van der Waals surface area contributed by atoms with Crippen LogP contribution in [0.4, 0.5) is 5.82 Å². The topological polar surface area (TPSA) is 86.3 Å². The van der Waals surface area contributed by atoms with Crippen LogP contribution in [0, 0.1) is 0 Å². The van der Waals surface area contributed by atoms with Crippen molar-refractivity contribution < 1.29 is 0 Å². The zero-order valence-corrected chi connectivity index (χ0v) is 15.7. The van der Waals surface area contributed by atoms with Gasteiger partial charge in [-0.15, -0.1) is 0 Å². The summed E-state index contributed by atoms with van der Waals surface area (Å²) < 4.78 is 3.53. The summed E-state index contributed by atoms with van der Waals surface area (Å²) in [6.45, 7) is 4.25. The standard InChI is InChI=1S/C19H22N8/c1-4-5-17-24-18(16-10-21-26(3)19(16)25-17)23-13(2)14-6-8-15(9-7-14)27-12-20-11-22-27/h6-13H,4-5H2,1-3H3,(H,23,24,25). The summed E-state index contributed by atoms with van der Waals surface area (Å²) in [7, 11) is 1.90. The van der Waals surface area contributed by atoms with E-state index in [1.807, 2.05) is 25.4 Å². The molecule has 8 nitrogen and oxygen atoms in total. The van der Waals surface area contributed by atoms with Crippen molar-refractivity contribution in [2.75, 3.05) is 5.32 Å². The fourth-order valence-corrected chi connectivity index (χ4v) is 3.06. The smallest absolute Gasteiger partial charge is 0.163 e. The number of nitrogens with one attached hydrogen (secondary N) is 1. The largest absolute Gasteiger partial charge is 0.363 e. The van der Waals surface area contributed by atoms with Gasteiger partial charge in [0.25, 0.3) is 0 Å². The Morgan fingerprint density at radius 2 is 1.93 bits per heavy atom. The second-order valence-electron chi connectivity index (χ2n) is 6.54. The molecule has 1 aromatic carbocycles. The minimum absolute atomic E-state index is 0.0857. The first-order valence-electron chi connectivity index (χ1n) is 9.06. The van der Waals surface area contributed by atoms with E-state index >= 15 is 0 Å². The third kappa shape index (κ3) is 3.38. The second kappa shape index (κ2) is 7.14. The first-order valence-corrected chi connectivity index (χ1v) is 9.06. The van der Waals surface area contributed by atoms with Gasteiger partial charge in [0, 0.05) is 19.5 Å². The zero-order chi connectivity index (χ0) is 18.8. The number of hydrogen-bond donors (Lipinski definition) is 1. The number of nitrogens with zero attached hydrogens (tertiary/aromatic N) is 7. The minimum Gasteiger partial charge on any atom is -0.363 e. The Bertz CT molecular complexity index is 1030.